The Hall–Kier alpha value is -0.590. The fourth-order valence-electron chi connectivity index (χ4n) is 1.01. The van der Waals surface area contributed by atoms with Crippen molar-refractivity contribution < 1.29 is 4.74 Å². The van der Waals surface area contributed by atoms with Gasteiger partial charge in [-0.05, 0) is 26.8 Å². The van der Waals surface area contributed by atoms with Crippen molar-refractivity contribution in [2.45, 2.75) is 39.2 Å². The largest absolute Gasteiger partial charge is 0.382 e. The van der Waals surface area contributed by atoms with Crippen LogP contribution < -0.4 is 5.32 Å². The van der Waals surface area contributed by atoms with Crippen LogP contribution in [0.25, 0.3) is 0 Å². The fourth-order valence-corrected chi connectivity index (χ4v) is 1.01. The minimum atomic E-state index is -0.425. The Balaban J connectivity index is 3.76. The molecule has 3 nitrogen and oxygen atoms in total. The van der Waals surface area contributed by atoms with Gasteiger partial charge < -0.3 is 4.74 Å². The zero-order valence-electron chi connectivity index (χ0n) is 8.89. The van der Waals surface area contributed by atoms with E-state index in [4.69, 9.17) is 10.00 Å². The molecule has 0 aliphatic carbocycles. The Morgan fingerprint density at radius 1 is 1.46 bits per heavy atom. The van der Waals surface area contributed by atoms with E-state index >= 15 is 0 Å². The first kappa shape index (κ1) is 12.4. The summed E-state index contributed by atoms with van der Waals surface area (Å²) in [6.45, 7) is 8.22. The van der Waals surface area contributed by atoms with Crippen molar-refractivity contribution in [1.82, 2.24) is 5.32 Å². The number of hydrogen-bond donors (Lipinski definition) is 1. The smallest absolute Gasteiger partial charge is 0.106 e. The molecule has 0 aliphatic rings. The molecule has 0 rings (SSSR count). The second kappa shape index (κ2) is 6.88. The van der Waals surface area contributed by atoms with Crippen molar-refractivity contribution in [2.75, 3.05) is 19.8 Å². The topological polar surface area (TPSA) is 45.0 Å². The number of hydrogen-bond acceptors (Lipinski definition) is 3. The third kappa shape index (κ3) is 5.62. The van der Waals surface area contributed by atoms with Gasteiger partial charge in [-0.3, -0.25) is 5.32 Å². The van der Waals surface area contributed by atoms with Crippen molar-refractivity contribution in [3.05, 3.63) is 0 Å². The van der Waals surface area contributed by atoms with Gasteiger partial charge in [0.25, 0.3) is 0 Å². The van der Waals surface area contributed by atoms with E-state index in [-0.39, 0.29) is 0 Å². The summed E-state index contributed by atoms with van der Waals surface area (Å²) in [5.41, 5.74) is -0.425. The van der Waals surface area contributed by atoms with Crippen LogP contribution in [0.2, 0.25) is 0 Å². The van der Waals surface area contributed by atoms with Gasteiger partial charge in [0.15, 0.2) is 0 Å². The molecule has 0 aromatic carbocycles. The lowest BCUT2D eigenvalue weighted by Crippen LogP contribution is -2.42. The highest BCUT2D eigenvalue weighted by Gasteiger charge is 2.21. The van der Waals surface area contributed by atoms with E-state index in [0.29, 0.717) is 6.61 Å². The van der Waals surface area contributed by atoms with E-state index in [1.165, 1.54) is 0 Å². The molecule has 0 aromatic heterocycles. The molecule has 1 atom stereocenters. The number of rotatable bonds is 7. The SMILES string of the molecule is CCCNC(C)(C#N)CCOCC. The highest BCUT2D eigenvalue weighted by molar-refractivity contribution is 5.03. The summed E-state index contributed by atoms with van der Waals surface area (Å²) in [4.78, 5) is 0. The molecule has 3 heteroatoms. The molecule has 0 saturated carbocycles. The molecule has 0 spiro atoms. The van der Waals surface area contributed by atoms with E-state index in [0.717, 1.165) is 26.0 Å². The third-order valence-electron chi connectivity index (χ3n) is 1.96. The predicted molar refractivity (Wildman–Crippen MR) is 53.4 cm³/mol. The van der Waals surface area contributed by atoms with Gasteiger partial charge >= 0.3 is 0 Å². The van der Waals surface area contributed by atoms with Crippen molar-refractivity contribution in [1.29, 1.82) is 5.26 Å². The van der Waals surface area contributed by atoms with Crippen LogP contribution >= 0.6 is 0 Å². The minimum Gasteiger partial charge on any atom is -0.382 e. The molecule has 0 fully saturated rings. The van der Waals surface area contributed by atoms with Crippen LogP contribution in [0.1, 0.15) is 33.6 Å². The number of nitriles is 1. The molecule has 0 bridgehead atoms. The maximum Gasteiger partial charge on any atom is 0.106 e. The van der Waals surface area contributed by atoms with E-state index < -0.39 is 5.54 Å². The van der Waals surface area contributed by atoms with Crippen LogP contribution in [0.4, 0.5) is 0 Å². The van der Waals surface area contributed by atoms with Gasteiger partial charge in [0, 0.05) is 19.6 Å². The van der Waals surface area contributed by atoms with Gasteiger partial charge in [0.1, 0.15) is 5.54 Å². The quantitative estimate of drug-likeness (QED) is 0.612. The van der Waals surface area contributed by atoms with Gasteiger partial charge in [-0.2, -0.15) is 5.26 Å². The lowest BCUT2D eigenvalue weighted by atomic mass is 10.0. The molecular weight excluding hydrogens is 164 g/mol. The molecule has 76 valence electrons. The van der Waals surface area contributed by atoms with Gasteiger partial charge in [-0.25, -0.2) is 0 Å². The Morgan fingerprint density at radius 2 is 2.15 bits per heavy atom. The van der Waals surface area contributed by atoms with Crippen LogP contribution in [0.3, 0.4) is 0 Å². The van der Waals surface area contributed by atoms with Crippen molar-refractivity contribution >= 4 is 0 Å². The van der Waals surface area contributed by atoms with Crippen molar-refractivity contribution in [3.8, 4) is 6.07 Å². The molecule has 13 heavy (non-hydrogen) atoms. The van der Waals surface area contributed by atoms with Gasteiger partial charge in [-0.1, -0.05) is 6.92 Å². The van der Waals surface area contributed by atoms with Crippen LogP contribution in [0.15, 0.2) is 0 Å². The molecule has 0 saturated heterocycles. The maximum absolute atomic E-state index is 8.94. The molecule has 0 amide bonds. The van der Waals surface area contributed by atoms with E-state index in [1.807, 2.05) is 13.8 Å². The summed E-state index contributed by atoms with van der Waals surface area (Å²) in [5, 5.41) is 12.2. The Morgan fingerprint density at radius 3 is 2.62 bits per heavy atom. The number of ether oxygens (including phenoxy) is 1. The summed E-state index contributed by atoms with van der Waals surface area (Å²) in [6, 6.07) is 2.28. The fraction of sp³-hybridized carbons (Fsp3) is 0.900. The van der Waals surface area contributed by atoms with Crippen LogP contribution in [-0.4, -0.2) is 25.3 Å². The highest BCUT2D eigenvalue weighted by Crippen LogP contribution is 2.07. The average molecular weight is 184 g/mol. The van der Waals surface area contributed by atoms with Gasteiger partial charge in [-0.15, -0.1) is 0 Å². The number of nitrogens with one attached hydrogen (secondary N) is 1. The summed E-state index contributed by atoms with van der Waals surface area (Å²) in [7, 11) is 0. The molecule has 0 aliphatic heterocycles. The summed E-state index contributed by atoms with van der Waals surface area (Å²) < 4.78 is 5.22. The standard InChI is InChI=1S/C10H20N2O/c1-4-7-12-10(3,9-11)6-8-13-5-2/h12H,4-8H2,1-3H3. The molecular formula is C10H20N2O. The van der Waals surface area contributed by atoms with Crippen LogP contribution in [0.5, 0.6) is 0 Å². The lowest BCUT2D eigenvalue weighted by molar-refractivity contribution is 0.130. The second-order valence-electron chi connectivity index (χ2n) is 3.32. The zero-order chi connectivity index (χ0) is 10.2. The summed E-state index contributed by atoms with van der Waals surface area (Å²) >= 11 is 0. The van der Waals surface area contributed by atoms with Gasteiger partial charge in [0.05, 0.1) is 6.07 Å². The van der Waals surface area contributed by atoms with Crippen molar-refractivity contribution in [2.24, 2.45) is 0 Å². The normalized spacial score (nSPS) is 14.9. The molecule has 0 heterocycles. The summed E-state index contributed by atoms with van der Waals surface area (Å²) in [5.74, 6) is 0. The zero-order valence-corrected chi connectivity index (χ0v) is 8.89. The first-order chi connectivity index (χ1) is 6.18. The second-order valence-corrected chi connectivity index (χ2v) is 3.32. The molecule has 1 unspecified atom stereocenters. The van der Waals surface area contributed by atoms with E-state index in [1.54, 1.807) is 0 Å². The Kier molecular flexibility index (Phi) is 6.56. The van der Waals surface area contributed by atoms with Crippen LogP contribution in [-0.2, 0) is 4.74 Å². The van der Waals surface area contributed by atoms with E-state index in [2.05, 4.69) is 18.3 Å². The Labute approximate surface area is 81.1 Å². The predicted octanol–water partition coefficient (Wildman–Crippen LogP) is 1.69. The number of nitrogens with zero attached hydrogens (tertiary/aromatic N) is 1. The minimum absolute atomic E-state index is 0.425. The first-order valence-electron chi connectivity index (χ1n) is 4.92. The lowest BCUT2D eigenvalue weighted by Gasteiger charge is -2.22. The molecule has 1 N–H and O–H groups in total. The maximum atomic E-state index is 8.94. The van der Waals surface area contributed by atoms with E-state index in [9.17, 15) is 0 Å². The van der Waals surface area contributed by atoms with Gasteiger partial charge in [0.2, 0.25) is 0 Å². The third-order valence-corrected chi connectivity index (χ3v) is 1.96. The van der Waals surface area contributed by atoms with Crippen LogP contribution in [0, 0.1) is 11.3 Å². The molecule has 0 radical (unpaired) electrons. The monoisotopic (exact) mass is 184 g/mol. The first-order valence-corrected chi connectivity index (χ1v) is 4.92. The average Bonchev–Trinajstić information content (AvgIpc) is 2.15. The van der Waals surface area contributed by atoms with Crippen molar-refractivity contribution in [3.63, 3.8) is 0 Å². The summed E-state index contributed by atoms with van der Waals surface area (Å²) in [6.07, 6.45) is 1.79. The Bertz CT molecular complexity index is 165. The molecule has 0 aromatic rings. The highest BCUT2D eigenvalue weighted by atomic mass is 16.5.